The highest BCUT2D eigenvalue weighted by Gasteiger charge is 2.11. The minimum absolute atomic E-state index is 0.00734. The summed E-state index contributed by atoms with van der Waals surface area (Å²) in [4.78, 5) is 22.3. The maximum absolute atomic E-state index is 13.5. The Hall–Kier alpha value is -2.42. The lowest BCUT2D eigenvalue weighted by molar-refractivity contribution is -0.137. The minimum atomic E-state index is -1.05. The molecular formula is C12H10BrFN4O3. The van der Waals surface area contributed by atoms with Crippen molar-refractivity contribution in [1.29, 1.82) is 0 Å². The van der Waals surface area contributed by atoms with E-state index >= 15 is 0 Å². The van der Waals surface area contributed by atoms with Crippen LogP contribution in [0.15, 0.2) is 35.1 Å². The summed E-state index contributed by atoms with van der Waals surface area (Å²) in [6, 6.07) is 3.63. The molecule has 0 atom stereocenters. The van der Waals surface area contributed by atoms with E-state index in [4.69, 9.17) is 5.11 Å². The molecule has 2 rings (SSSR count). The van der Waals surface area contributed by atoms with Crippen molar-refractivity contribution in [3.05, 3.63) is 40.9 Å². The van der Waals surface area contributed by atoms with Gasteiger partial charge in [0.15, 0.2) is 0 Å². The van der Waals surface area contributed by atoms with Crippen LogP contribution in [0, 0.1) is 5.82 Å². The number of aliphatic carboxylic acids is 1. The summed E-state index contributed by atoms with van der Waals surface area (Å²) in [6.45, 7) is -0.317. The third-order valence-electron chi connectivity index (χ3n) is 2.39. The van der Waals surface area contributed by atoms with Crippen LogP contribution in [0.5, 0.6) is 0 Å². The fraction of sp³-hybridized carbons (Fsp3) is 0.0833. The minimum Gasteiger partial charge on any atom is -0.480 e. The van der Waals surface area contributed by atoms with Crippen molar-refractivity contribution < 1.29 is 19.1 Å². The summed E-state index contributed by atoms with van der Waals surface area (Å²) in [5, 5.41) is 17.1. The van der Waals surface area contributed by atoms with Gasteiger partial charge in [-0.1, -0.05) is 6.07 Å². The summed E-state index contributed by atoms with van der Waals surface area (Å²) < 4.78 is 15.1. The molecule has 0 bridgehead atoms. The summed E-state index contributed by atoms with van der Waals surface area (Å²) in [5.74, 6) is -1.63. The van der Waals surface area contributed by atoms with Gasteiger partial charge in [0.1, 0.15) is 12.4 Å². The maximum Gasteiger partial charge on any atom is 0.325 e. The van der Waals surface area contributed by atoms with Gasteiger partial charge in [-0.05, 0) is 28.1 Å². The first-order valence-corrected chi connectivity index (χ1v) is 6.51. The van der Waals surface area contributed by atoms with Crippen molar-refractivity contribution in [3.63, 3.8) is 0 Å². The number of carbonyl (C=O) groups is 2. The van der Waals surface area contributed by atoms with Gasteiger partial charge in [-0.25, -0.2) is 9.18 Å². The molecule has 0 spiro atoms. The number of halogens is 2. The molecular weight excluding hydrogens is 347 g/mol. The van der Waals surface area contributed by atoms with Gasteiger partial charge in [-0.3, -0.25) is 9.48 Å². The highest BCUT2D eigenvalue weighted by Crippen LogP contribution is 2.25. The lowest BCUT2D eigenvalue weighted by atomic mass is 10.3. The predicted molar refractivity (Wildman–Crippen MR) is 76.6 cm³/mol. The second-order valence-electron chi connectivity index (χ2n) is 4.00. The third-order valence-corrected chi connectivity index (χ3v) is 3.05. The molecule has 2 aromatic rings. The van der Waals surface area contributed by atoms with Crippen LogP contribution in [-0.2, 0) is 11.3 Å². The molecule has 0 saturated heterocycles. The quantitative estimate of drug-likeness (QED) is 0.784. The third kappa shape index (κ3) is 4.02. The number of aromatic nitrogens is 2. The van der Waals surface area contributed by atoms with Crippen LogP contribution in [0.3, 0.4) is 0 Å². The van der Waals surface area contributed by atoms with Crippen molar-refractivity contribution in [3.8, 4) is 0 Å². The summed E-state index contributed by atoms with van der Waals surface area (Å²) in [5.41, 5.74) is 0.300. The van der Waals surface area contributed by atoms with Crippen LogP contribution in [0.4, 0.5) is 20.6 Å². The van der Waals surface area contributed by atoms with Gasteiger partial charge < -0.3 is 15.7 Å². The van der Waals surface area contributed by atoms with Crippen LogP contribution in [0.25, 0.3) is 0 Å². The fourth-order valence-corrected chi connectivity index (χ4v) is 1.99. The molecule has 1 aromatic heterocycles. The van der Waals surface area contributed by atoms with Crippen molar-refractivity contribution >= 4 is 39.3 Å². The molecule has 1 heterocycles. The van der Waals surface area contributed by atoms with Crippen molar-refractivity contribution in [2.24, 2.45) is 0 Å². The van der Waals surface area contributed by atoms with Crippen LogP contribution in [0.1, 0.15) is 0 Å². The number of hydrogen-bond donors (Lipinski definition) is 3. The zero-order chi connectivity index (χ0) is 15.4. The number of hydrogen-bond acceptors (Lipinski definition) is 3. The lowest BCUT2D eigenvalue weighted by Gasteiger charge is -2.08. The van der Waals surface area contributed by atoms with E-state index < -0.39 is 17.8 Å². The smallest absolute Gasteiger partial charge is 0.325 e. The van der Waals surface area contributed by atoms with E-state index in [9.17, 15) is 14.0 Å². The Bertz CT molecular complexity index is 669. The van der Waals surface area contributed by atoms with Gasteiger partial charge in [0, 0.05) is 10.7 Å². The Morgan fingerprint density at radius 3 is 2.81 bits per heavy atom. The normalized spacial score (nSPS) is 10.2. The summed E-state index contributed by atoms with van der Waals surface area (Å²) in [7, 11) is 0. The van der Waals surface area contributed by atoms with E-state index in [1.165, 1.54) is 24.5 Å². The number of rotatable bonds is 4. The van der Waals surface area contributed by atoms with E-state index in [1.807, 2.05) is 0 Å². The average molecular weight is 357 g/mol. The molecule has 0 radical (unpaired) electrons. The first kappa shape index (κ1) is 15.0. The molecule has 0 saturated carbocycles. The van der Waals surface area contributed by atoms with E-state index in [0.717, 1.165) is 4.68 Å². The summed E-state index contributed by atoms with van der Waals surface area (Å²) in [6.07, 6.45) is 2.64. The van der Waals surface area contributed by atoms with Gasteiger partial charge in [0.2, 0.25) is 0 Å². The Balaban J connectivity index is 2.02. The van der Waals surface area contributed by atoms with Crippen LogP contribution in [-0.4, -0.2) is 26.9 Å². The first-order valence-electron chi connectivity index (χ1n) is 5.72. The molecule has 0 fully saturated rings. The molecule has 7 nitrogen and oxygen atoms in total. The number of urea groups is 1. The molecule has 3 N–H and O–H groups in total. The lowest BCUT2D eigenvalue weighted by Crippen LogP contribution is -2.20. The monoisotopic (exact) mass is 356 g/mol. The Morgan fingerprint density at radius 1 is 1.38 bits per heavy atom. The number of benzene rings is 1. The van der Waals surface area contributed by atoms with E-state index in [1.54, 1.807) is 6.07 Å². The van der Waals surface area contributed by atoms with Crippen LogP contribution in [0.2, 0.25) is 0 Å². The van der Waals surface area contributed by atoms with Gasteiger partial charge in [-0.2, -0.15) is 5.10 Å². The van der Waals surface area contributed by atoms with Gasteiger partial charge in [-0.15, -0.1) is 0 Å². The number of para-hydroxylation sites is 1. The second-order valence-corrected chi connectivity index (χ2v) is 4.85. The van der Waals surface area contributed by atoms with Gasteiger partial charge >= 0.3 is 12.0 Å². The zero-order valence-corrected chi connectivity index (χ0v) is 12.1. The molecule has 9 heteroatoms. The molecule has 0 unspecified atom stereocenters. The number of carboxylic acid groups (broad SMARTS) is 1. The number of nitrogens with zero attached hydrogens (tertiary/aromatic N) is 2. The predicted octanol–water partition coefficient (Wildman–Crippen LogP) is 2.51. The topological polar surface area (TPSA) is 96.2 Å². The van der Waals surface area contributed by atoms with E-state index in [2.05, 4.69) is 31.7 Å². The molecule has 21 heavy (non-hydrogen) atoms. The van der Waals surface area contributed by atoms with Gasteiger partial charge in [0.25, 0.3) is 0 Å². The Labute approximate surface area is 126 Å². The fourth-order valence-electron chi connectivity index (χ4n) is 1.55. The summed E-state index contributed by atoms with van der Waals surface area (Å²) >= 11 is 3.13. The van der Waals surface area contributed by atoms with Crippen LogP contribution < -0.4 is 10.6 Å². The van der Waals surface area contributed by atoms with E-state index in [0.29, 0.717) is 10.2 Å². The largest absolute Gasteiger partial charge is 0.480 e. The number of carbonyl (C=O) groups excluding carboxylic acids is 1. The standard InChI is InChI=1S/C12H10BrFN4O3/c13-8-2-1-3-9(14)11(8)17-12(21)16-7-4-15-18(5-7)6-10(19)20/h1-5H,6H2,(H,19,20)(H2,16,17,21). The SMILES string of the molecule is O=C(O)Cn1cc(NC(=O)Nc2c(F)cccc2Br)cn1. The Morgan fingerprint density at radius 2 is 2.14 bits per heavy atom. The number of carboxylic acids is 1. The van der Waals surface area contributed by atoms with E-state index in [-0.39, 0.29) is 12.2 Å². The first-order chi connectivity index (χ1) is 9.95. The maximum atomic E-state index is 13.5. The number of amides is 2. The molecule has 0 aliphatic carbocycles. The molecule has 2 amide bonds. The van der Waals surface area contributed by atoms with Crippen molar-refractivity contribution in [2.45, 2.75) is 6.54 Å². The van der Waals surface area contributed by atoms with Crippen molar-refractivity contribution in [1.82, 2.24) is 9.78 Å². The zero-order valence-electron chi connectivity index (χ0n) is 10.5. The van der Waals surface area contributed by atoms with Gasteiger partial charge in [0.05, 0.1) is 17.6 Å². The number of nitrogens with one attached hydrogen (secondary N) is 2. The molecule has 110 valence electrons. The second kappa shape index (κ2) is 6.35. The highest BCUT2D eigenvalue weighted by molar-refractivity contribution is 9.10. The number of anilines is 2. The molecule has 0 aliphatic heterocycles. The average Bonchev–Trinajstić information content (AvgIpc) is 2.80. The van der Waals surface area contributed by atoms with Crippen molar-refractivity contribution in [2.75, 3.05) is 10.6 Å². The highest BCUT2D eigenvalue weighted by atomic mass is 79.9. The molecule has 0 aliphatic rings. The van der Waals surface area contributed by atoms with Crippen LogP contribution >= 0.6 is 15.9 Å². The Kier molecular flexibility index (Phi) is 4.53. The molecule has 1 aromatic carbocycles.